The zero-order valence-corrected chi connectivity index (χ0v) is 20.6. The molecule has 4 N–H and O–H groups in total. The number of aromatic nitrogens is 1. The zero-order valence-electron chi connectivity index (χ0n) is 20.6. The third kappa shape index (κ3) is 8.27. The minimum absolute atomic E-state index is 0.638. The molecule has 0 spiro atoms. The van der Waals surface area contributed by atoms with Gasteiger partial charge in [-0.25, -0.2) is 5.84 Å². The number of pyridine rings is 1. The Morgan fingerprint density at radius 2 is 1.94 bits per heavy atom. The first-order valence-electron chi connectivity index (χ1n) is 12.3. The van der Waals surface area contributed by atoms with Gasteiger partial charge in [0.1, 0.15) is 0 Å². The van der Waals surface area contributed by atoms with Crippen molar-refractivity contribution in [3.63, 3.8) is 0 Å². The van der Waals surface area contributed by atoms with Crippen molar-refractivity contribution in [3.05, 3.63) is 58.7 Å². The van der Waals surface area contributed by atoms with Crippen molar-refractivity contribution < 1.29 is 0 Å². The molecule has 0 unspecified atom stereocenters. The van der Waals surface area contributed by atoms with Gasteiger partial charge >= 0.3 is 0 Å². The van der Waals surface area contributed by atoms with Crippen LogP contribution in [-0.4, -0.2) is 23.3 Å². The number of hydrazine groups is 1. The molecule has 0 aromatic carbocycles. The van der Waals surface area contributed by atoms with E-state index in [1.165, 1.54) is 43.2 Å². The minimum atomic E-state index is 0.638. The van der Waals surface area contributed by atoms with Crippen LogP contribution in [0.5, 0.6) is 0 Å². The van der Waals surface area contributed by atoms with Gasteiger partial charge in [-0.2, -0.15) is 0 Å². The number of aliphatic imine (C=N–C) groups is 1. The third-order valence-corrected chi connectivity index (χ3v) is 6.23. The van der Waals surface area contributed by atoms with Crippen LogP contribution < -0.4 is 11.6 Å². The summed E-state index contributed by atoms with van der Waals surface area (Å²) >= 11 is 0. The summed E-state index contributed by atoms with van der Waals surface area (Å²) in [5, 5.41) is 1.61. The zero-order chi connectivity index (χ0) is 23.3. The summed E-state index contributed by atoms with van der Waals surface area (Å²) in [5.41, 5.74) is 12.5. The third-order valence-electron chi connectivity index (χ3n) is 6.23. The maximum absolute atomic E-state index is 6.54. The molecule has 0 saturated heterocycles. The van der Waals surface area contributed by atoms with Crippen molar-refractivity contribution in [2.75, 3.05) is 7.05 Å². The molecule has 0 atom stereocenters. The quantitative estimate of drug-likeness (QED) is 0.189. The Morgan fingerprint density at radius 3 is 2.50 bits per heavy atom. The highest BCUT2D eigenvalue weighted by Crippen LogP contribution is 2.27. The van der Waals surface area contributed by atoms with E-state index in [-0.39, 0.29) is 0 Å². The lowest BCUT2D eigenvalue weighted by atomic mass is 9.85. The van der Waals surface area contributed by atoms with Gasteiger partial charge in [-0.1, -0.05) is 63.7 Å². The topological polar surface area (TPSA) is 80.5 Å². The molecule has 1 aliphatic rings. The summed E-state index contributed by atoms with van der Waals surface area (Å²) < 4.78 is 0. The van der Waals surface area contributed by atoms with Crippen LogP contribution in [-0.2, 0) is 6.42 Å². The van der Waals surface area contributed by atoms with Crippen LogP contribution in [0.1, 0.15) is 89.8 Å². The first-order valence-corrected chi connectivity index (χ1v) is 12.3. The van der Waals surface area contributed by atoms with Crippen molar-refractivity contribution in [2.45, 2.75) is 85.0 Å². The van der Waals surface area contributed by atoms with Crippen LogP contribution in [0.25, 0.3) is 5.70 Å². The Morgan fingerprint density at radius 1 is 1.19 bits per heavy atom. The predicted molar refractivity (Wildman–Crippen MR) is 138 cm³/mol. The number of nitrogens with two attached hydrogens (primary N) is 2. The lowest BCUT2D eigenvalue weighted by Gasteiger charge is -2.22. The van der Waals surface area contributed by atoms with Gasteiger partial charge in [-0.15, -0.1) is 0 Å². The molecule has 32 heavy (non-hydrogen) atoms. The van der Waals surface area contributed by atoms with E-state index in [2.05, 4.69) is 42.0 Å². The van der Waals surface area contributed by atoms with Crippen LogP contribution in [0, 0.1) is 5.92 Å². The van der Waals surface area contributed by atoms with Gasteiger partial charge in [0.25, 0.3) is 0 Å². The highest BCUT2D eigenvalue weighted by Gasteiger charge is 2.15. The molecule has 0 bridgehead atoms. The fourth-order valence-electron chi connectivity index (χ4n) is 4.45. The molecule has 0 radical (unpaired) electrons. The van der Waals surface area contributed by atoms with Crippen molar-refractivity contribution in [3.8, 4) is 0 Å². The van der Waals surface area contributed by atoms with Gasteiger partial charge < -0.3 is 10.7 Å². The Kier molecular flexibility index (Phi) is 11.2. The average Bonchev–Trinajstić information content (AvgIpc) is 2.79. The van der Waals surface area contributed by atoms with E-state index in [9.17, 15) is 0 Å². The van der Waals surface area contributed by atoms with Gasteiger partial charge in [0, 0.05) is 25.2 Å². The lowest BCUT2D eigenvalue weighted by molar-refractivity contribution is 0.356. The standard InChI is InChI=1S/C27H43N5/c1-5-11-21(6-2)19-24(30-7-3)15-17-26(32(4)29)27(28)25-16-14-23(20-31-25)18-22-12-9-8-10-13-22/h7,11,14,16,19-20,22H,5-6,8-10,12-13,15,17-18,28-29H2,1-4H3/b21-11+,24-19-,27-26-,30-7?. The molecule has 1 saturated carbocycles. The first-order chi connectivity index (χ1) is 15.5. The molecular weight excluding hydrogens is 394 g/mol. The van der Waals surface area contributed by atoms with E-state index in [0.29, 0.717) is 12.1 Å². The smallest absolute Gasteiger partial charge is 0.0877 e. The number of hydrogen-bond donors (Lipinski definition) is 2. The molecule has 0 aliphatic heterocycles. The molecule has 5 heteroatoms. The van der Waals surface area contributed by atoms with Gasteiger partial charge in [0.15, 0.2) is 0 Å². The SMILES string of the molecule is CC=N/C(=C\C(=C\CC)CC)CC/C(=C(/N)c1ccc(CC2CCCCC2)cn1)N(C)N. The monoisotopic (exact) mass is 437 g/mol. The first kappa shape index (κ1) is 25.9. The van der Waals surface area contributed by atoms with Crippen LogP contribution in [0.2, 0.25) is 0 Å². The molecule has 176 valence electrons. The van der Waals surface area contributed by atoms with Gasteiger partial charge in [-0.3, -0.25) is 9.98 Å². The van der Waals surface area contributed by atoms with Crippen molar-refractivity contribution in [1.29, 1.82) is 0 Å². The van der Waals surface area contributed by atoms with Crippen LogP contribution >= 0.6 is 0 Å². The molecular formula is C27H43N5. The number of hydrogen-bond acceptors (Lipinski definition) is 5. The summed E-state index contributed by atoms with van der Waals surface area (Å²) in [7, 11) is 1.83. The Balaban J connectivity index is 2.15. The summed E-state index contributed by atoms with van der Waals surface area (Å²) in [6.07, 6.45) is 19.7. The summed E-state index contributed by atoms with van der Waals surface area (Å²) in [5.74, 6) is 6.96. The Labute approximate surface area is 195 Å². The number of allylic oxidation sites excluding steroid dienone is 5. The summed E-state index contributed by atoms with van der Waals surface area (Å²) in [4.78, 5) is 9.26. The second-order valence-electron chi connectivity index (χ2n) is 8.79. The fourth-order valence-corrected chi connectivity index (χ4v) is 4.45. The molecule has 0 amide bonds. The molecule has 1 aromatic rings. The molecule has 1 heterocycles. The summed E-state index contributed by atoms with van der Waals surface area (Å²) in [6, 6.07) is 4.21. The average molecular weight is 438 g/mol. The van der Waals surface area contributed by atoms with Gasteiger partial charge in [0.2, 0.25) is 0 Å². The normalized spacial score (nSPS) is 17.0. The van der Waals surface area contributed by atoms with Crippen LogP contribution in [0.3, 0.4) is 0 Å². The second kappa shape index (κ2) is 13.9. The van der Waals surface area contributed by atoms with Crippen LogP contribution in [0.15, 0.2) is 52.4 Å². The van der Waals surface area contributed by atoms with E-state index in [1.54, 1.807) is 5.01 Å². The van der Waals surface area contributed by atoms with E-state index in [1.807, 2.05) is 32.4 Å². The van der Waals surface area contributed by atoms with Gasteiger partial charge in [-0.05, 0) is 62.7 Å². The van der Waals surface area contributed by atoms with Crippen molar-refractivity contribution in [1.82, 2.24) is 9.99 Å². The fraction of sp³-hybridized carbons (Fsp3) is 0.556. The molecule has 2 rings (SSSR count). The van der Waals surface area contributed by atoms with E-state index in [0.717, 1.165) is 48.7 Å². The van der Waals surface area contributed by atoms with Crippen molar-refractivity contribution in [2.24, 2.45) is 22.5 Å². The summed E-state index contributed by atoms with van der Waals surface area (Å²) in [6.45, 7) is 6.28. The molecule has 1 fully saturated rings. The number of nitrogens with zero attached hydrogens (tertiary/aromatic N) is 3. The van der Waals surface area contributed by atoms with Crippen LogP contribution in [0.4, 0.5) is 0 Å². The largest absolute Gasteiger partial charge is 0.396 e. The molecule has 1 aromatic heterocycles. The maximum atomic E-state index is 6.54. The highest BCUT2D eigenvalue weighted by molar-refractivity contribution is 5.62. The minimum Gasteiger partial charge on any atom is -0.396 e. The van der Waals surface area contributed by atoms with E-state index < -0.39 is 0 Å². The highest BCUT2D eigenvalue weighted by atomic mass is 15.4. The predicted octanol–water partition coefficient (Wildman–Crippen LogP) is 6.14. The lowest BCUT2D eigenvalue weighted by Crippen LogP contribution is -2.28. The second-order valence-corrected chi connectivity index (χ2v) is 8.79. The Hall–Kier alpha value is -2.40. The van der Waals surface area contributed by atoms with E-state index in [4.69, 9.17) is 11.6 Å². The maximum Gasteiger partial charge on any atom is 0.0877 e. The van der Waals surface area contributed by atoms with E-state index >= 15 is 0 Å². The number of rotatable bonds is 11. The molecule has 5 nitrogen and oxygen atoms in total. The Bertz CT molecular complexity index is 809. The molecule has 1 aliphatic carbocycles. The van der Waals surface area contributed by atoms with Gasteiger partial charge in [0.05, 0.1) is 17.1 Å². The van der Waals surface area contributed by atoms with Crippen molar-refractivity contribution >= 4 is 11.9 Å².